The maximum absolute atomic E-state index is 12.7. The molecule has 0 saturated carbocycles. The molecule has 0 spiro atoms. The number of hydrogen-bond donors (Lipinski definition) is 1. The van der Waals surface area contributed by atoms with E-state index in [2.05, 4.69) is 15.0 Å². The number of alkyl halides is 2. The second-order valence-electron chi connectivity index (χ2n) is 7.47. The number of piperidine rings is 1. The Kier molecular flexibility index (Phi) is 7.64. The van der Waals surface area contributed by atoms with Gasteiger partial charge >= 0.3 is 12.6 Å². The molecule has 0 aliphatic carbocycles. The third-order valence-corrected chi connectivity index (χ3v) is 6.96. The van der Waals surface area contributed by atoms with E-state index in [0.717, 1.165) is 0 Å². The lowest BCUT2D eigenvalue weighted by Crippen LogP contribution is -2.41. The number of amides is 1. The Labute approximate surface area is 189 Å². The first-order valence-electron chi connectivity index (χ1n) is 10.1. The third-order valence-electron chi connectivity index (χ3n) is 5.19. The Bertz CT molecular complexity index is 1080. The molecule has 1 aromatic heterocycles. The zero-order valence-corrected chi connectivity index (χ0v) is 18.8. The van der Waals surface area contributed by atoms with Gasteiger partial charge in [0, 0.05) is 32.0 Å². The molecule has 180 valence electrons. The van der Waals surface area contributed by atoms with Crippen LogP contribution in [-0.4, -0.2) is 60.5 Å². The second-order valence-corrected chi connectivity index (χ2v) is 9.36. The van der Waals surface area contributed by atoms with Crippen LogP contribution in [0.3, 0.4) is 0 Å². The van der Waals surface area contributed by atoms with Crippen molar-refractivity contribution in [1.82, 2.24) is 13.9 Å². The zero-order chi connectivity index (χ0) is 24.2. The molecule has 0 bridgehead atoms. The van der Waals surface area contributed by atoms with Crippen molar-refractivity contribution in [3.63, 3.8) is 0 Å². The summed E-state index contributed by atoms with van der Waals surface area (Å²) >= 11 is 0. The number of rotatable bonds is 8. The minimum Gasteiger partial charge on any atom is -0.455 e. The van der Waals surface area contributed by atoms with Crippen LogP contribution in [0.15, 0.2) is 35.5 Å². The summed E-state index contributed by atoms with van der Waals surface area (Å²) in [5.41, 5.74) is 0.320. The van der Waals surface area contributed by atoms with Gasteiger partial charge in [-0.3, -0.25) is 9.59 Å². The summed E-state index contributed by atoms with van der Waals surface area (Å²) in [6.07, 6.45) is 1.97. The number of hydrogen-bond acceptors (Lipinski definition) is 7. The summed E-state index contributed by atoms with van der Waals surface area (Å²) in [5, 5.41) is 2.44. The Morgan fingerprint density at radius 1 is 1.21 bits per heavy atom. The Morgan fingerprint density at radius 3 is 2.39 bits per heavy atom. The van der Waals surface area contributed by atoms with E-state index in [1.54, 1.807) is 18.5 Å². The number of nitrogens with one attached hydrogen (secondary N) is 1. The molecule has 1 fully saturated rings. The lowest BCUT2D eigenvalue weighted by molar-refractivity contribution is -0.152. The number of aromatic nitrogens is 2. The van der Waals surface area contributed by atoms with Crippen LogP contribution in [0.1, 0.15) is 18.7 Å². The summed E-state index contributed by atoms with van der Waals surface area (Å²) in [5.74, 6) is -1.20. The summed E-state index contributed by atoms with van der Waals surface area (Å²) in [7, 11) is -2.04. The van der Waals surface area contributed by atoms with Gasteiger partial charge in [0.2, 0.25) is 0 Å². The normalized spacial score (nSPS) is 15.4. The van der Waals surface area contributed by atoms with Gasteiger partial charge in [-0.15, -0.1) is 0 Å². The lowest BCUT2D eigenvalue weighted by atomic mass is 9.98. The smallest absolute Gasteiger partial charge is 0.387 e. The summed E-state index contributed by atoms with van der Waals surface area (Å²) in [6.45, 7) is -1.50. The molecule has 0 radical (unpaired) electrons. The van der Waals surface area contributed by atoms with Crippen molar-refractivity contribution in [1.29, 1.82) is 0 Å². The quantitative estimate of drug-likeness (QED) is 0.566. The van der Waals surface area contributed by atoms with Crippen LogP contribution in [0.5, 0.6) is 5.75 Å². The lowest BCUT2D eigenvalue weighted by Gasteiger charge is -2.29. The van der Waals surface area contributed by atoms with Gasteiger partial charge in [-0.1, -0.05) is 0 Å². The zero-order valence-electron chi connectivity index (χ0n) is 18.0. The summed E-state index contributed by atoms with van der Waals surface area (Å²) < 4.78 is 61.9. The van der Waals surface area contributed by atoms with Crippen molar-refractivity contribution in [2.24, 2.45) is 13.0 Å². The standard InChI is InChI=1S/C20H24F2N4O6S/c1-13-23-18(11-25(13)2)33(29,30)26-9-7-14(8-10-26)19(28)31-12-17(27)24-15-3-5-16(6-4-15)32-20(21)22/h3-6,11,14,20H,7-10,12H2,1-2H3,(H,24,27). The largest absolute Gasteiger partial charge is 0.455 e. The van der Waals surface area contributed by atoms with Crippen LogP contribution < -0.4 is 10.1 Å². The number of carbonyl (C=O) groups excluding carboxylic acids is 2. The van der Waals surface area contributed by atoms with Crippen LogP contribution >= 0.6 is 0 Å². The van der Waals surface area contributed by atoms with Crippen LogP contribution in [0, 0.1) is 12.8 Å². The monoisotopic (exact) mass is 486 g/mol. The molecule has 13 heteroatoms. The molecule has 3 rings (SSSR count). The van der Waals surface area contributed by atoms with Crippen molar-refractivity contribution in [3.8, 4) is 5.75 Å². The van der Waals surface area contributed by atoms with Gasteiger partial charge in [-0.05, 0) is 44.0 Å². The second kappa shape index (κ2) is 10.3. The van der Waals surface area contributed by atoms with Crippen molar-refractivity contribution < 1.29 is 36.3 Å². The highest BCUT2D eigenvalue weighted by Gasteiger charge is 2.34. The predicted molar refractivity (Wildman–Crippen MR) is 112 cm³/mol. The first kappa shape index (κ1) is 24.6. The number of halogens is 2. The van der Waals surface area contributed by atoms with Gasteiger partial charge in [0.15, 0.2) is 11.6 Å². The van der Waals surface area contributed by atoms with Gasteiger partial charge in [-0.25, -0.2) is 13.4 Å². The van der Waals surface area contributed by atoms with E-state index in [-0.39, 0.29) is 36.7 Å². The van der Waals surface area contributed by atoms with Crippen molar-refractivity contribution >= 4 is 27.6 Å². The number of benzene rings is 1. The number of sulfonamides is 1. The van der Waals surface area contributed by atoms with E-state index < -0.39 is 41.0 Å². The van der Waals surface area contributed by atoms with Crippen LogP contribution in [-0.2, 0) is 31.4 Å². The average Bonchev–Trinajstić information content (AvgIpc) is 3.12. The first-order valence-corrected chi connectivity index (χ1v) is 11.5. The minimum atomic E-state index is -3.75. The van der Waals surface area contributed by atoms with Gasteiger partial charge in [0.1, 0.15) is 11.6 Å². The maximum atomic E-state index is 12.7. The molecule has 33 heavy (non-hydrogen) atoms. The molecule has 10 nitrogen and oxygen atoms in total. The Balaban J connectivity index is 1.45. The fourth-order valence-electron chi connectivity index (χ4n) is 3.29. The number of ether oxygens (including phenoxy) is 2. The molecule has 1 aromatic carbocycles. The topological polar surface area (TPSA) is 120 Å². The molecule has 1 aliphatic heterocycles. The summed E-state index contributed by atoms with van der Waals surface area (Å²) in [4.78, 5) is 28.4. The highest BCUT2D eigenvalue weighted by atomic mass is 32.2. The number of anilines is 1. The van der Waals surface area contributed by atoms with Crippen molar-refractivity contribution in [3.05, 3.63) is 36.3 Å². The molecular formula is C20H24F2N4O6S. The molecule has 1 N–H and O–H groups in total. The van der Waals surface area contributed by atoms with Crippen molar-refractivity contribution in [2.75, 3.05) is 25.0 Å². The van der Waals surface area contributed by atoms with E-state index in [0.29, 0.717) is 11.5 Å². The van der Waals surface area contributed by atoms with E-state index in [1.165, 1.54) is 34.8 Å². The number of imidazole rings is 1. The van der Waals surface area contributed by atoms with E-state index >= 15 is 0 Å². The molecule has 2 aromatic rings. The van der Waals surface area contributed by atoms with Crippen LogP contribution in [0.4, 0.5) is 14.5 Å². The fraction of sp³-hybridized carbons (Fsp3) is 0.450. The number of nitrogens with zero attached hydrogens (tertiary/aromatic N) is 3. The molecule has 1 aliphatic rings. The van der Waals surface area contributed by atoms with Gasteiger partial charge in [-0.2, -0.15) is 13.1 Å². The molecule has 0 atom stereocenters. The number of carbonyl (C=O) groups is 2. The SMILES string of the molecule is Cc1nc(S(=O)(=O)N2CCC(C(=O)OCC(=O)Nc3ccc(OC(F)F)cc3)CC2)cn1C. The molecule has 1 saturated heterocycles. The van der Waals surface area contributed by atoms with Crippen LogP contribution in [0.2, 0.25) is 0 Å². The van der Waals surface area contributed by atoms with Crippen molar-refractivity contribution in [2.45, 2.75) is 31.4 Å². The van der Waals surface area contributed by atoms with Gasteiger partial charge < -0.3 is 19.4 Å². The Hall–Kier alpha value is -3.06. The first-order chi connectivity index (χ1) is 15.6. The molecule has 1 amide bonds. The third kappa shape index (κ3) is 6.26. The highest BCUT2D eigenvalue weighted by Crippen LogP contribution is 2.24. The van der Waals surface area contributed by atoms with E-state index in [4.69, 9.17) is 4.74 Å². The van der Waals surface area contributed by atoms with Gasteiger partial charge in [0.25, 0.3) is 15.9 Å². The maximum Gasteiger partial charge on any atom is 0.387 e. The summed E-state index contributed by atoms with van der Waals surface area (Å²) in [6, 6.07) is 5.27. The fourth-order valence-corrected chi connectivity index (χ4v) is 4.78. The predicted octanol–water partition coefficient (Wildman–Crippen LogP) is 1.91. The van der Waals surface area contributed by atoms with E-state index in [1.807, 2.05) is 0 Å². The number of esters is 1. The Morgan fingerprint density at radius 2 is 1.85 bits per heavy atom. The van der Waals surface area contributed by atoms with Gasteiger partial charge in [0.05, 0.1) is 5.92 Å². The highest BCUT2D eigenvalue weighted by molar-refractivity contribution is 7.89. The molecular weight excluding hydrogens is 462 g/mol. The van der Waals surface area contributed by atoms with Crippen LogP contribution in [0.25, 0.3) is 0 Å². The number of aryl methyl sites for hydroxylation is 2. The molecule has 0 unspecified atom stereocenters. The molecule has 2 heterocycles. The average molecular weight is 486 g/mol. The van der Waals surface area contributed by atoms with E-state index in [9.17, 15) is 26.8 Å². The minimum absolute atomic E-state index is 0.0333.